The zero-order valence-corrected chi connectivity index (χ0v) is 49.7. The highest BCUT2D eigenvalue weighted by molar-refractivity contribution is 9.10. The van der Waals surface area contributed by atoms with Crippen LogP contribution in [0.15, 0.2) is 48.6 Å². The minimum absolute atomic E-state index is 0.0919. The molecule has 3 heterocycles. The van der Waals surface area contributed by atoms with E-state index in [0.717, 1.165) is 0 Å². The third-order valence-corrected chi connectivity index (χ3v) is 11.4. The Morgan fingerprint density at radius 2 is 0.708 bits per heavy atom. The summed E-state index contributed by atoms with van der Waals surface area (Å²) in [4.78, 5) is 90.6. The predicted molar refractivity (Wildman–Crippen MR) is 272 cm³/mol. The third-order valence-electron chi connectivity index (χ3n) is 9.18. The number of alkyl halides is 4. The van der Waals surface area contributed by atoms with E-state index in [2.05, 4.69) is 104 Å². The zero-order chi connectivity index (χ0) is 56.5. The van der Waals surface area contributed by atoms with Gasteiger partial charge in [0.1, 0.15) is 57.5 Å². The van der Waals surface area contributed by atoms with E-state index in [1.807, 2.05) is 0 Å². The smallest absolute Gasteiger partial charge is 0.333 e. The maximum atomic E-state index is 12.6. The van der Waals surface area contributed by atoms with E-state index < -0.39 is 107 Å². The van der Waals surface area contributed by atoms with Gasteiger partial charge in [-0.25, -0.2) is 19.2 Å². The molecular formula is C47H68Br4O21. The van der Waals surface area contributed by atoms with Crippen molar-refractivity contribution in [2.45, 2.75) is 143 Å². The van der Waals surface area contributed by atoms with Crippen molar-refractivity contribution in [1.29, 1.82) is 0 Å². The van der Waals surface area contributed by atoms with Crippen LogP contribution < -0.4 is 0 Å². The minimum atomic E-state index is -1.23. The summed E-state index contributed by atoms with van der Waals surface area (Å²) in [6.07, 6.45) is -2.69. The average molecular weight is 1290 g/mol. The van der Waals surface area contributed by atoms with Crippen LogP contribution in [0.25, 0.3) is 0 Å². The summed E-state index contributed by atoms with van der Waals surface area (Å²) in [7, 11) is 3.80. The van der Waals surface area contributed by atoms with Crippen molar-refractivity contribution in [2.24, 2.45) is 0 Å². The number of hydrogen-bond donors (Lipinski definition) is 0. The molecule has 410 valence electrons. The highest BCUT2D eigenvalue weighted by Crippen LogP contribution is 2.44. The monoisotopic (exact) mass is 1280 g/mol. The van der Waals surface area contributed by atoms with E-state index in [9.17, 15) is 38.4 Å². The summed E-state index contributed by atoms with van der Waals surface area (Å²) in [6.45, 7) is 32.7. The maximum Gasteiger partial charge on any atom is 0.333 e. The van der Waals surface area contributed by atoms with Crippen LogP contribution in [-0.4, -0.2) is 162 Å². The molecule has 0 aromatic heterocycles. The van der Waals surface area contributed by atoms with Gasteiger partial charge in [-0.05, 0) is 83.1 Å². The van der Waals surface area contributed by atoms with E-state index in [4.69, 9.17) is 47.4 Å². The quantitative estimate of drug-likeness (QED) is 0.0614. The molecule has 3 aliphatic rings. The number of fused-ring (bicyclic) bond motifs is 3. The molecule has 0 N–H and O–H groups in total. The Morgan fingerprint density at radius 1 is 0.444 bits per heavy atom. The van der Waals surface area contributed by atoms with Gasteiger partial charge >= 0.3 is 47.8 Å². The second-order valence-corrected chi connectivity index (χ2v) is 25.0. The normalized spacial score (nSPS) is 23.0. The third kappa shape index (κ3) is 22.9. The van der Waals surface area contributed by atoms with Crippen molar-refractivity contribution in [3.63, 3.8) is 0 Å². The molecule has 0 aromatic carbocycles. The molecule has 9 unspecified atom stereocenters. The molecule has 3 fully saturated rings. The highest BCUT2D eigenvalue weighted by Gasteiger charge is 2.61. The molecule has 0 aliphatic carbocycles. The molecule has 3 rings (SSSR count). The van der Waals surface area contributed by atoms with Gasteiger partial charge in [0.2, 0.25) is 0 Å². The van der Waals surface area contributed by atoms with Crippen LogP contribution in [-0.2, 0) is 99.9 Å². The highest BCUT2D eigenvalue weighted by atomic mass is 79.9. The number of esters is 8. The Hall–Kier alpha value is -3.56. The van der Waals surface area contributed by atoms with Crippen molar-refractivity contribution in [3.05, 3.63) is 48.6 Å². The van der Waals surface area contributed by atoms with Gasteiger partial charge in [-0.3, -0.25) is 19.2 Å². The van der Waals surface area contributed by atoms with Crippen LogP contribution in [0.5, 0.6) is 0 Å². The molecule has 21 nitrogen and oxygen atoms in total. The van der Waals surface area contributed by atoms with E-state index in [0.29, 0.717) is 0 Å². The lowest BCUT2D eigenvalue weighted by Crippen LogP contribution is -2.56. The van der Waals surface area contributed by atoms with Crippen molar-refractivity contribution in [3.8, 4) is 0 Å². The molecular weight excluding hydrogens is 1220 g/mol. The molecule has 0 saturated carbocycles. The van der Waals surface area contributed by atoms with Crippen LogP contribution in [0.3, 0.4) is 0 Å². The predicted octanol–water partition coefficient (Wildman–Crippen LogP) is 6.50. The molecule has 0 bridgehead atoms. The Bertz CT molecular complexity index is 1900. The lowest BCUT2D eigenvalue weighted by Gasteiger charge is -2.37. The Balaban J connectivity index is 0.00000102. The van der Waals surface area contributed by atoms with Gasteiger partial charge in [0.25, 0.3) is 0 Å². The summed E-state index contributed by atoms with van der Waals surface area (Å²) in [5.41, 5.74) is 1.11. The first-order valence-corrected chi connectivity index (χ1v) is 24.7. The average Bonchev–Trinajstić information content (AvgIpc) is 3.79. The van der Waals surface area contributed by atoms with Crippen molar-refractivity contribution >= 4 is 111 Å². The van der Waals surface area contributed by atoms with Crippen LogP contribution >= 0.6 is 63.7 Å². The Morgan fingerprint density at radius 3 is 1.00 bits per heavy atom. The van der Waals surface area contributed by atoms with E-state index in [1.54, 1.807) is 55.4 Å². The molecule has 72 heavy (non-hydrogen) atoms. The van der Waals surface area contributed by atoms with E-state index >= 15 is 0 Å². The van der Waals surface area contributed by atoms with Gasteiger partial charge in [-0.2, -0.15) is 0 Å². The summed E-state index contributed by atoms with van der Waals surface area (Å²) in [5.74, 6) is -5.93. The topological polar surface area (TPSA) is 257 Å². The van der Waals surface area contributed by atoms with Crippen LogP contribution in [0.2, 0.25) is 0 Å². The summed E-state index contributed by atoms with van der Waals surface area (Å²) in [5, 5.41) is 0. The molecule has 25 heteroatoms. The fourth-order valence-corrected chi connectivity index (χ4v) is 6.37. The molecule has 0 amide bonds. The number of carbonyl (C=O) groups excluding carboxylic acids is 8. The number of hydrogen-bond acceptors (Lipinski definition) is 21. The molecule has 9 atom stereocenters. The first-order chi connectivity index (χ1) is 32.6. The first-order valence-electron chi connectivity index (χ1n) is 21.5. The lowest BCUT2D eigenvalue weighted by molar-refractivity contribution is -0.242. The van der Waals surface area contributed by atoms with Crippen LogP contribution in [0.4, 0.5) is 0 Å². The largest absolute Gasteiger partial charge is 0.468 e. The van der Waals surface area contributed by atoms with Gasteiger partial charge in [-0.1, -0.05) is 90.0 Å². The van der Waals surface area contributed by atoms with Gasteiger partial charge < -0.3 is 61.6 Å². The number of rotatable bonds is 18. The minimum Gasteiger partial charge on any atom is -0.468 e. The van der Waals surface area contributed by atoms with Crippen LogP contribution in [0, 0.1) is 0 Å². The fourth-order valence-electron chi connectivity index (χ4n) is 5.31. The van der Waals surface area contributed by atoms with Gasteiger partial charge in [0.15, 0.2) is 35.2 Å². The van der Waals surface area contributed by atoms with Crippen LogP contribution in [0.1, 0.15) is 83.1 Å². The summed E-state index contributed by atoms with van der Waals surface area (Å²) < 4.78 is 64.0. The molecule has 3 aliphatic heterocycles. The number of methoxy groups -OCH3 is 3. The van der Waals surface area contributed by atoms with Gasteiger partial charge in [0, 0.05) is 22.3 Å². The number of ether oxygens (including phenoxy) is 13. The zero-order valence-electron chi connectivity index (χ0n) is 43.3. The molecule has 3 saturated heterocycles. The van der Waals surface area contributed by atoms with E-state index in [1.165, 1.54) is 49.0 Å². The standard InChI is InChI=1S/C20H29BrO9.3C9H13BrO4/c1-10(2)15(22)25-9-20(7,21)17(23)24-8-11-12-13(28-18(3,4)27-12)14-16(26-11)30-19(5,6)29-14;3*1-6(2)7(11)14-5-9(3,10)8(12)13-4/h11-14,16H,1,8-9H2,2-7H3;3*1,5H2,2-4H3. The van der Waals surface area contributed by atoms with E-state index in [-0.39, 0.29) is 55.3 Å². The number of halogens is 4. The Labute approximate surface area is 454 Å². The summed E-state index contributed by atoms with van der Waals surface area (Å²) in [6, 6.07) is 0. The van der Waals surface area contributed by atoms with Crippen molar-refractivity contribution < 1.29 is 99.9 Å². The molecule has 0 radical (unpaired) electrons. The van der Waals surface area contributed by atoms with Crippen molar-refractivity contribution in [1.82, 2.24) is 0 Å². The first kappa shape index (κ1) is 68.4. The van der Waals surface area contributed by atoms with Crippen molar-refractivity contribution in [2.75, 3.05) is 54.4 Å². The summed E-state index contributed by atoms with van der Waals surface area (Å²) >= 11 is 12.6. The lowest BCUT2D eigenvalue weighted by atomic mass is 9.99. The molecule has 0 aromatic rings. The second kappa shape index (κ2) is 28.9. The Kier molecular flexibility index (Phi) is 27.5. The second-order valence-electron chi connectivity index (χ2n) is 18.0. The number of carbonyl (C=O) groups is 8. The van der Waals surface area contributed by atoms with Gasteiger partial charge in [-0.15, -0.1) is 0 Å². The SMILES string of the molecule is C=C(C)C(=O)OCC(C)(Br)C(=O)OC.C=C(C)C(=O)OCC(C)(Br)C(=O)OC.C=C(C)C(=O)OCC(C)(Br)C(=O)OC.C=C(C)C(=O)OCC(C)(Br)C(=O)OCC1OC2OC(C)(C)OC2C2OC(C)(C)OC12. The van der Waals surface area contributed by atoms with Gasteiger partial charge in [0.05, 0.1) is 21.3 Å². The molecule has 0 spiro atoms. The fraction of sp³-hybridized carbons (Fsp3) is 0.660. The maximum absolute atomic E-state index is 12.6.